The van der Waals surface area contributed by atoms with Gasteiger partial charge in [-0.05, 0) is 18.7 Å². The number of aromatic nitrogens is 1. The highest BCUT2D eigenvalue weighted by Crippen LogP contribution is 2.12. The Morgan fingerprint density at radius 3 is 2.88 bits per heavy atom. The first kappa shape index (κ1) is 12.0. The Kier molecular flexibility index (Phi) is 4.07. The van der Waals surface area contributed by atoms with Crippen LogP contribution in [0.4, 0.5) is 0 Å². The monoisotopic (exact) mass is 230 g/mol. The van der Waals surface area contributed by atoms with Crippen LogP contribution in [0, 0.1) is 0 Å². The molecule has 0 spiro atoms. The number of rotatable bonds is 5. The smallest absolute Gasteiger partial charge is 0.0719 e. The molecule has 1 aromatic carbocycles. The maximum Gasteiger partial charge on any atom is 0.0719 e. The molecule has 2 aromatic rings. The third kappa shape index (κ3) is 3.25. The van der Waals surface area contributed by atoms with Crippen molar-refractivity contribution in [1.29, 1.82) is 0 Å². The Morgan fingerprint density at radius 2 is 2.06 bits per heavy atom. The third-order valence-electron chi connectivity index (χ3n) is 2.73. The van der Waals surface area contributed by atoms with Gasteiger partial charge in [-0.3, -0.25) is 4.98 Å². The van der Waals surface area contributed by atoms with Gasteiger partial charge >= 0.3 is 0 Å². The number of likely N-dealkylation sites (N-methyl/N-ethyl adjacent to an activating group) is 1. The molecule has 0 aliphatic heterocycles. The van der Waals surface area contributed by atoms with Crippen LogP contribution < -0.4 is 5.32 Å². The van der Waals surface area contributed by atoms with E-state index in [1.54, 1.807) is 0 Å². The Bertz CT molecular complexity index is 484. The Balaban J connectivity index is 2.08. The maximum absolute atomic E-state index is 9.80. The molecule has 0 radical (unpaired) electrons. The fourth-order valence-electron chi connectivity index (χ4n) is 1.85. The van der Waals surface area contributed by atoms with Crippen molar-refractivity contribution in [1.82, 2.24) is 10.3 Å². The number of benzene rings is 1. The van der Waals surface area contributed by atoms with Crippen molar-refractivity contribution in [2.24, 2.45) is 0 Å². The molecule has 0 amide bonds. The number of para-hydroxylation sites is 1. The third-order valence-corrected chi connectivity index (χ3v) is 2.73. The standard InChI is InChI=1S/C14H18N2O/c1-2-15-10-13(17)9-12-8-7-11-5-3-4-6-14(11)16-12/h3-8,13,15,17H,2,9-10H2,1H3. The van der Waals surface area contributed by atoms with Gasteiger partial charge in [0.15, 0.2) is 0 Å². The fraction of sp³-hybridized carbons (Fsp3) is 0.357. The van der Waals surface area contributed by atoms with Crippen molar-refractivity contribution in [2.75, 3.05) is 13.1 Å². The number of hydrogen-bond acceptors (Lipinski definition) is 3. The van der Waals surface area contributed by atoms with Gasteiger partial charge in [-0.25, -0.2) is 0 Å². The van der Waals surface area contributed by atoms with Crippen LogP contribution in [0.5, 0.6) is 0 Å². The first-order valence-electron chi connectivity index (χ1n) is 6.03. The van der Waals surface area contributed by atoms with Crippen molar-refractivity contribution in [3.63, 3.8) is 0 Å². The summed E-state index contributed by atoms with van der Waals surface area (Å²) in [6.07, 6.45) is 0.223. The molecular weight excluding hydrogens is 212 g/mol. The summed E-state index contributed by atoms with van der Waals surface area (Å²) < 4.78 is 0. The second kappa shape index (κ2) is 5.75. The van der Waals surface area contributed by atoms with Gasteiger partial charge in [0, 0.05) is 24.0 Å². The quantitative estimate of drug-likeness (QED) is 0.822. The molecule has 3 nitrogen and oxygen atoms in total. The SMILES string of the molecule is CCNCC(O)Cc1ccc2ccccc2n1. The van der Waals surface area contributed by atoms with E-state index in [0.717, 1.165) is 23.1 Å². The molecule has 2 rings (SSSR count). The molecule has 0 aliphatic carbocycles. The van der Waals surface area contributed by atoms with Crippen molar-refractivity contribution >= 4 is 10.9 Å². The van der Waals surface area contributed by atoms with Gasteiger partial charge in [-0.15, -0.1) is 0 Å². The van der Waals surface area contributed by atoms with Crippen molar-refractivity contribution in [3.8, 4) is 0 Å². The summed E-state index contributed by atoms with van der Waals surface area (Å²) in [7, 11) is 0. The molecule has 2 N–H and O–H groups in total. The average molecular weight is 230 g/mol. The molecule has 0 saturated carbocycles. The summed E-state index contributed by atoms with van der Waals surface area (Å²) in [4.78, 5) is 4.54. The summed E-state index contributed by atoms with van der Waals surface area (Å²) >= 11 is 0. The van der Waals surface area contributed by atoms with E-state index in [4.69, 9.17) is 0 Å². The van der Waals surface area contributed by atoms with E-state index in [1.807, 2.05) is 37.3 Å². The zero-order valence-electron chi connectivity index (χ0n) is 10.1. The predicted molar refractivity (Wildman–Crippen MR) is 70.0 cm³/mol. The largest absolute Gasteiger partial charge is 0.391 e. The lowest BCUT2D eigenvalue weighted by Crippen LogP contribution is -2.28. The lowest BCUT2D eigenvalue weighted by Gasteiger charge is -2.10. The van der Waals surface area contributed by atoms with Crippen molar-refractivity contribution in [3.05, 3.63) is 42.1 Å². The summed E-state index contributed by atoms with van der Waals surface area (Å²) in [5.74, 6) is 0. The molecule has 17 heavy (non-hydrogen) atoms. The Labute approximate surface area is 102 Å². The first-order chi connectivity index (χ1) is 8.29. The molecule has 90 valence electrons. The molecule has 0 aliphatic rings. The molecule has 0 saturated heterocycles. The molecule has 1 heterocycles. The zero-order valence-corrected chi connectivity index (χ0v) is 10.1. The number of aliphatic hydroxyl groups is 1. The van der Waals surface area contributed by atoms with E-state index in [-0.39, 0.29) is 6.10 Å². The number of nitrogens with zero attached hydrogens (tertiary/aromatic N) is 1. The van der Waals surface area contributed by atoms with Gasteiger partial charge in [-0.1, -0.05) is 31.2 Å². The zero-order chi connectivity index (χ0) is 12.1. The predicted octanol–water partition coefficient (Wildman–Crippen LogP) is 1.75. The number of aliphatic hydroxyl groups excluding tert-OH is 1. The lowest BCUT2D eigenvalue weighted by molar-refractivity contribution is 0.171. The fourth-order valence-corrected chi connectivity index (χ4v) is 1.85. The van der Waals surface area contributed by atoms with Crippen LogP contribution in [0.2, 0.25) is 0 Å². The summed E-state index contributed by atoms with van der Waals surface area (Å²) in [6, 6.07) is 12.1. The van der Waals surface area contributed by atoms with Crippen LogP contribution in [0.15, 0.2) is 36.4 Å². The van der Waals surface area contributed by atoms with Crippen LogP contribution in [-0.2, 0) is 6.42 Å². The number of hydrogen-bond donors (Lipinski definition) is 2. The van der Waals surface area contributed by atoms with E-state index in [2.05, 4.69) is 16.4 Å². The second-order valence-electron chi connectivity index (χ2n) is 4.16. The second-order valence-corrected chi connectivity index (χ2v) is 4.16. The topological polar surface area (TPSA) is 45.1 Å². The summed E-state index contributed by atoms with van der Waals surface area (Å²) in [5.41, 5.74) is 1.93. The molecule has 1 aromatic heterocycles. The maximum atomic E-state index is 9.80. The molecule has 1 unspecified atom stereocenters. The van der Waals surface area contributed by atoms with Crippen LogP contribution in [0.25, 0.3) is 10.9 Å². The normalized spacial score (nSPS) is 12.8. The van der Waals surface area contributed by atoms with E-state index >= 15 is 0 Å². The van der Waals surface area contributed by atoms with E-state index < -0.39 is 0 Å². The van der Waals surface area contributed by atoms with Crippen LogP contribution >= 0.6 is 0 Å². The first-order valence-corrected chi connectivity index (χ1v) is 6.03. The molecule has 1 atom stereocenters. The minimum Gasteiger partial charge on any atom is -0.391 e. The molecule has 0 fully saturated rings. The lowest BCUT2D eigenvalue weighted by atomic mass is 10.1. The number of fused-ring (bicyclic) bond motifs is 1. The van der Waals surface area contributed by atoms with Crippen molar-refractivity contribution < 1.29 is 5.11 Å². The number of nitrogens with one attached hydrogen (secondary N) is 1. The minimum atomic E-state index is -0.372. The molecule has 3 heteroatoms. The minimum absolute atomic E-state index is 0.372. The van der Waals surface area contributed by atoms with E-state index in [0.29, 0.717) is 13.0 Å². The van der Waals surface area contributed by atoms with Gasteiger partial charge in [-0.2, -0.15) is 0 Å². The average Bonchev–Trinajstić information content (AvgIpc) is 2.36. The van der Waals surface area contributed by atoms with Gasteiger partial charge in [0.25, 0.3) is 0 Å². The van der Waals surface area contributed by atoms with Crippen LogP contribution in [0.1, 0.15) is 12.6 Å². The molecular formula is C14H18N2O. The molecule has 0 bridgehead atoms. The van der Waals surface area contributed by atoms with Gasteiger partial charge < -0.3 is 10.4 Å². The van der Waals surface area contributed by atoms with E-state index in [9.17, 15) is 5.11 Å². The highest BCUT2D eigenvalue weighted by molar-refractivity contribution is 5.78. The Morgan fingerprint density at radius 1 is 1.24 bits per heavy atom. The van der Waals surface area contributed by atoms with Crippen molar-refractivity contribution in [2.45, 2.75) is 19.4 Å². The summed E-state index contributed by atoms with van der Waals surface area (Å²) in [6.45, 7) is 3.52. The van der Waals surface area contributed by atoms with Gasteiger partial charge in [0.05, 0.1) is 11.6 Å². The highest BCUT2D eigenvalue weighted by atomic mass is 16.3. The van der Waals surface area contributed by atoms with Crippen LogP contribution in [0.3, 0.4) is 0 Å². The Hall–Kier alpha value is -1.45. The number of pyridine rings is 1. The van der Waals surface area contributed by atoms with Gasteiger partial charge in [0.2, 0.25) is 0 Å². The van der Waals surface area contributed by atoms with E-state index in [1.165, 1.54) is 0 Å². The highest BCUT2D eigenvalue weighted by Gasteiger charge is 2.06. The summed E-state index contributed by atoms with van der Waals surface area (Å²) in [5, 5.41) is 14.1. The van der Waals surface area contributed by atoms with Crippen LogP contribution in [-0.4, -0.2) is 29.3 Å². The van der Waals surface area contributed by atoms with Gasteiger partial charge in [0.1, 0.15) is 0 Å².